The van der Waals surface area contributed by atoms with Crippen molar-refractivity contribution in [2.45, 2.75) is 10.9 Å². The number of aromatic amines is 2. The van der Waals surface area contributed by atoms with E-state index in [-0.39, 0.29) is 23.0 Å². The van der Waals surface area contributed by atoms with Crippen molar-refractivity contribution in [1.82, 2.24) is 19.6 Å². The van der Waals surface area contributed by atoms with Gasteiger partial charge in [-0.3, -0.25) is 9.59 Å². The molecule has 0 aliphatic rings. The molecule has 2 heterocycles. The summed E-state index contributed by atoms with van der Waals surface area (Å²) < 4.78 is 27.9. The van der Waals surface area contributed by atoms with E-state index in [0.29, 0.717) is 5.52 Å². The van der Waals surface area contributed by atoms with Gasteiger partial charge < -0.3 is 14.9 Å². The molecule has 1 atom stereocenters. The number of likely N-dealkylation sites (N-methyl/N-ethyl adjacent to an activating group) is 1. The van der Waals surface area contributed by atoms with Crippen LogP contribution in [0.15, 0.2) is 50.2 Å². The van der Waals surface area contributed by atoms with Crippen LogP contribution in [-0.4, -0.2) is 43.9 Å². The second-order valence-electron chi connectivity index (χ2n) is 5.96. The number of thiophene rings is 1. The summed E-state index contributed by atoms with van der Waals surface area (Å²) >= 11 is 1.56. The van der Waals surface area contributed by atoms with Crippen LogP contribution in [0.5, 0.6) is 0 Å². The molecule has 0 spiro atoms. The molecule has 0 bridgehead atoms. The van der Waals surface area contributed by atoms with Crippen molar-refractivity contribution in [3.8, 4) is 0 Å². The van der Waals surface area contributed by atoms with Gasteiger partial charge in [0.2, 0.25) is 10.0 Å². The van der Waals surface area contributed by atoms with Crippen molar-refractivity contribution in [2.75, 3.05) is 20.6 Å². The van der Waals surface area contributed by atoms with Crippen LogP contribution < -0.4 is 15.8 Å². The molecule has 0 saturated heterocycles. The summed E-state index contributed by atoms with van der Waals surface area (Å²) in [7, 11) is -0.0110. The number of aromatic nitrogens is 2. The molecule has 3 aromatic rings. The molecular weight excluding hydrogens is 376 g/mol. The molecule has 2 aromatic heterocycles. The van der Waals surface area contributed by atoms with Gasteiger partial charge in [0.15, 0.2) is 0 Å². The van der Waals surface area contributed by atoms with Crippen molar-refractivity contribution in [2.24, 2.45) is 0 Å². The van der Waals surface area contributed by atoms with Crippen LogP contribution in [0, 0.1) is 0 Å². The average Bonchev–Trinajstić information content (AvgIpc) is 3.09. The minimum Gasteiger partial charge on any atom is -0.316 e. The summed E-state index contributed by atoms with van der Waals surface area (Å²) in [4.78, 5) is 30.6. The van der Waals surface area contributed by atoms with E-state index < -0.39 is 21.1 Å². The molecule has 8 nitrogen and oxygen atoms in total. The van der Waals surface area contributed by atoms with Crippen LogP contribution in [-0.2, 0) is 10.0 Å². The summed E-state index contributed by atoms with van der Waals surface area (Å²) in [6.45, 7) is 0.204. The second kappa shape index (κ2) is 7.16. The van der Waals surface area contributed by atoms with Gasteiger partial charge in [-0.05, 0) is 43.7 Å². The number of hydrogen-bond donors (Lipinski definition) is 3. The van der Waals surface area contributed by atoms with Gasteiger partial charge in [-0.25, -0.2) is 13.1 Å². The van der Waals surface area contributed by atoms with Crippen LogP contribution in [0.25, 0.3) is 11.0 Å². The van der Waals surface area contributed by atoms with E-state index in [1.54, 1.807) is 11.3 Å². The number of nitrogens with one attached hydrogen (secondary N) is 3. The fraction of sp³-hybridized carbons (Fsp3) is 0.250. The predicted octanol–water partition coefficient (Wildman–Crippen LogP) is 0.859. The number of sulfonamides is 1. The summed E-state index contributed by atoms with van der Waals surface area (Å²) in [5, 5.41) is 1.95. The largest absolute Gasteiger partial charge is 0.316 e. The lowest BCUT2D eigenvalue weighted by Gasteiger charge is -2.23. The first-order valence-electron chi connectivity index (χ1n) is 7.74. The van der Waals surface area contributed by atoms with Gasteiger partial charge in [0.05, 0.1) is 22.0 Å². The number of fused-ring (bicyclic) bond motifs is 1. The van der Waals surface area contributed by atoms with E-state index in [1.807, 2.05) is 36.5 Å². The first-order chi connectivity index (χ1) is 12.3. The molecule has 26 heavy (non-hydrogen) atoms. The fourth-order valence-electron chi connectivity index (χ4n) is 2.55. The Morgan fingerprint density at radius 3 is 2.42 bits per heavy atom. The zero-order valence-corrected chi connectivity index (χ0v) is 15.8. The molecule has 0 fully saturated rings. The molecule has 3 N–H and O–H groups in total. The van der Waals surface area contributed by atoms with Gasteiger partial charge in [0.25, 0.3) is 0 Å². The third-order valence-electron chi connectivity index (χ3n) is 3.97. The molecular formula is C16H18N4O4S2. The number of H-pyrrole nitrogens is 2. The smallest absolute Gasteiger partial charge is 0.314 e. The Morgan fingerprint density at radius 1 is 1.12 bits per heavy atom. The van der Waals surface area contributed by atoms with E-state index in [1.165, 1.54) is 18.2 Å². The maximum Gasteiger partial charge on any atom is 0.314 e. The lowest BCUT2D eigenvalue weighted by molar-refractivity contribution is 0.303. The molecule has 0 aliphatic heterocycles. The molecule has 138 valence electrons. The van der Waals surface area contributed by atoms with Crippen molar-refractivity contribution in [3.05, 3.63) is 61.3 Å². The Balaban J connectivity index is 1.88. The van der Waals surface area contributed by atoms with Gasteiger partial charge in [0, 0.05) is 11.4 Å². The van der Waals surface area contributed by atoms with Crippen molar-refractivity contribution < 1.29 is 8.42 Å². The molecule has 1 unspecified atom stereocenters. The Morgan fingerprint density at radius 2 is 1.81 bits per heavy atom. The minimum atomic E-state index is -3.78. The molecule has 0 amide bonds. The third-order valence-corrected chi connectivity index (χ3v) is 6.36. The molecule has 0 saturated carbocycles. The van der Waals surface area contributed by atoms with E-state index in [9.17, 15) is 18.0 Å². The van der Waals surface area contributed by atoms with Crippen LogP contribution in [0.2, 0.25) is 0 Å². The summed E-state index contributed by atoms with van der Waals surface area (Å²) in [5.41, 5.74) is -1.00. The van der Waals surface area contributed by atoms with E-state index in [2.05, 4.69) is 14.7 Å². The maximum atomic E-state index is 12.6. The monoisotopic (exact) mass is 394 g/mol. The van der Waals surface area contributed by atoms with Crippen molar-refractivity contribution in [3.63, 3.8) is 0 Å². The fourth-order valence-corrected chi connectivity index (χ4v) is 4.54. The predicted molar refractivity (Wildman–Crippen MR) is 101 cm³/mol. The number of hydrogen-bond acceptors (Lipinski definition) is 6. The maximum absolute atomic E-state index is 12.6. The zero-order chi connectivity index (χ0) is 18.9. The third kappa shape index (κ3) is 3.78. The lowest BCUT2D eigenvalue weighted by atomic mass is 10.2. The Hall–Kier alpha value is -2.27. The van der Waals surface area contributed by atoms with Gasteiger partial charge in [-0.2, -0.15) is 0 Å². The van der Waals surface area contributed by atoms with Gasteiger partial charge >= 0.3 is 11.1 Å². The SMILES string of the molecule is CN(C)C(CNS(=O)(=O)c1ccc2[nH]c(=O)c(=O)[nH]c2c1)c1cccs1. The molecule has 3 rings (SSSR count). The standard InChI is InChI=1S/C16H18N4O4S2/c1-20(2)13(14-4-3-7-25-14)9-17-26(23,24)10-5-6-11-12(8-10)19-16(22)15(21)18-11/h3-8,13,17H,9H2,1-2H3,(H,18,21)(H,19,22). The minimum absolute atomic E-state index is 0.0105. The van der Waals surface area contributed by atoms with Crippen LogP contribution in [0.1, 0.15) is 10.9 Å². The first-order valence-corrected chi connectivity index (χ1v) is 10.1. The number of nitrogens with zero attached hydrogens (tertiary/aromatic N) is 1. The van der Waals surface area contributed by atoms with Gasteiger partial charge in [0.1, 0.15) is 0 Å². The molecule has 0 radical (unpaired) electrons. The van der Waals surface area contributed by atoms with Crippen LogP contribution in [0.3, 0.4) is 0 Å². The van der Waals surface area contributed by atoms with Gasteiger partial charge in [-0.15, -0.1) is 11.3 Å². The summed E-state index contributed by atoms with van der Waals surface area (Å²) in [6.07, 6.45) is 0. The first kappa shape index (κ1) is 18.5. The Labute approximate surface area is 153 Å². The van der Waals surface area contributed by atoms with E-state index >= 15 is 0 Å². The van der Waals surface area contributed by atoms with E-state index in [0.717, 1.165) is 4.88 Å². The molecule has 10 heteroatoms. The Bertz CT molecular complexity index is 1130. The topological polar surface area (TPSA) is 115 Å². The molecule has 0 aliphatic carbocycles. The van der Waals surface area contributed by atoms with Crippen LogP contribution in [0.4, 0.5) is 0 Å². The highest BCUT2D eigenvalue weighted by atomic mass is 32.2. The second-order valence-corrected chi connectivity index (χ2v) is 8.71. The summed E-state index contributed by atoms with van der Waals surface area (Å²) in [6, 6.07) is 7.94. The average molecular weight is 394 g/mol. The highest BCUT2D eigenvalue weighted by Gasteiger charge is 2.20. The highest BCUT2D eigenvalue weighted by molar-refractivity contribution is 7.89. The summed E-state index contributed by atoms with van der Waals surface area (Å²) in [5.74, 6) is 0. The zero-order valence-electron chi connectivity index (χ0n) is 14.1. The number of rotatable bonds is 6. The van der Waals surface area contributed by atoms with Crippen LogP contribution >= 0.6 is 11.3 Å². The van der Waals surface area contributed by atoms with E-state index in [4.69, 9.17) is 0 Å². The lowest BCUT2D eigenvalue weighted by Crippen LogP contribution is -2.34. The number of benzene rings is 1. The van der Waals surface area contributed by atoms with Crippen molar-refractivity contribution in [1.29, 1.82) is 0 Å². The molecule has 1 aromatic carbocycles. The normalized spacial score (nSPS) is 13.3. The van der Waals surface area contributed by atoms with Gasteiger partial charge in [-0.1, -0.05) is 6.07 Å². The highest BCUT2D eigenvalue weighted by Crippen LogP contribution is 2.23. The van der Waals surface area contributed by atoms with Crippen molar-refractivity contribution >= 4 is 32.4 Å². The Kier molecular flexibility index (Phi) is 5.10. The quantitative estimate of drug-likeness (QED) is 0.537.